The van der Waals surface area contributed by atoms with Crippen LogP contribution in [-0.2, 0) is 4.79 Å². The van der Waals surface area contributed by atoms with Crippen molar-refractivity contribution in [2.24, 2.45) is 11.7 Å². The SMILES string of the molecule is NCCC1CCN(C(=O)C(F)F)CC1. The lowest BCUT2D eigenvalue weighted by Crippen LogP contribution is -2.41. The lowest BCUT2D eigenvalue weighted by Gasteiger charge is -2.31. The highest BCUT2D eigenvalue weighted by atomic mass is 19.3. The van der Waals surface area contributed by atoms with E-state index in [0.717, 1.165) is 19.3 Å². The molecule has 5 heteroatoms. The molecule has 14 heavy (non-hydrogen) atoms. The Morgan fingerprint density at radius 2 is 2.00 bits per heavy atom. The zero-order valence-electron chi connectivity index (χ0n) is 8.09. The third kappa shape index (κ3) is 2.90. The third-order valence-electron chi connectivity index (χ3n) is 2.69. The average Bonchev–Trinajstić information content (AvgIpc) is 2.18. The first-order chi connectivity index (χ1) is 6.65. The van der Waals surface area contributed by atoms with Gasteiger partial charge in [0.1, 0.15) is 0 Å². The summed E-state index contributed by atoms with van der Waals surface area (Å²) < 4.78 is 24.1. The number of carbonyl (C=O) groups is 1. The van der Waals surface area contributed by atoms with Crippen LogP contribution in [0.25, 0.3) is 0 Å². The van der Waals surface area contributed by atoms with E-state index in [1.165, 1.54) is 4.90 Å². The molecule has 0 saturated carbocycles. The number of rotatable bonds is 3. The first-order valence-corrected chi connectivity index (χ1v) is 4.92. The lowest BCUT2D eigenvalue weighted by molar-refractivity contribution is -0.144. The van der Waals surface area contributed by atoms with E-state index in [1.807, 2.05) is 0 Å². The van der Waals surface area contributed by atoms with Gasteiger partial charge in [-0.15, -0.1) is 0 Å². The summed E-state index contributed by atoms with van der Waals surface area (Å²) in [6.07, 6.45) is -0.330. The van der Waals surface area contributed by atoms with Crippen molar-refractivity contribution in [1.29, 1.82) is 0 Å². The van der Waals surface area contributed by atoms with Gasteiger partial charge in [-0.1, -0.05) is 0 Å². The Balaban J connectivity index is 2.32. The monoisotopic (exact) mass is 206 g/mol. The topological polar surface area (TPSA) is 46.3 Å². The highest BCUT2D eigenvalue weighted by molar-refractivity contribution is 5.79. The first kappa shape index (κ1) is 11.4. The molecule has 1 rings (SSSR count). The van der Waals surface area contributed by atoms with Crippen molar-refractivity contribution >= 4 is 5.91 Å². The van der Waals surface area contributed by atoms with E-state index >= 15 is 0 Å². The summed E-state index contributed by atoms with van der Waals surface area (Å²) >= 11 is 0. The number of hydrogen-bond donors (Lipinski definition) is 1. The largest absolute Gasteiger partial charge is 0.338 e. The Labute approximate surface area is 82.2 Å². The van der Waals surface area contributed by atoms with E-state index in [0.29, 0.717) is 25.6 Å². The van der Waals surface area contributed by atoms with Crippen molar-refractivity contribution in [3.05, 3.63) is 0 Å². The molecule has 0 radical (unpaired) electrons. The van der Waals surface area contributed by atoms with Gasteiger partial charge in [0.2, 0.25) is 0 Å². The Morgan fingerprint density at radius 3 is 2.43 bits per heavy atom. The van der Waals surface area contributed by atoms with E-state index < -0.39 is 12.3 Å². The summed E-state index contributed by atoms with van der Waals surface area (Å²) in [7, 11) is 0. The van der Waals surface area contributed by atoms with Gasteiger partial charge in [0.05, 0.1) is 0 Å². The number of amides is 1. The van der Waals surface area contributed by atoms with Gasteiger partial charge in [-0.2, -0.15) is 8.78 Å². The van der Waals surface area contributed by atoms with E-state index in [1.54, 1.807) is 0 Å². The molecule has 1 aliphatic heterocycles. The summed E-state index contributed by atoms with van der Waals surface area (Å²) in [4.78, 5) is 12.2. The van der Waals surface area contributed by atoms with Crippen molar-refractivity contribution < 1.29 is 13.6 Å². The summed E-state index contributed by atoms with van der Waals surface area (Å²) in [6.45, 7) is 1.54. The lowest BCUT2D eigenvalue weighted by atomic mass is 9.93. The molecule has 1 amide bonds. The maximum Gasteiger partial charge on any atom is 0.315 e. The van der Waals surface area contributed by atoms with Gasteiger partial charge in [0.25, 0.3) is 5.91 Å². The molecule has 1 aliphatic rings. The van der Waals surface area contributed by atoms with Crippen LogP contribution in [0, 0.1) is 5.92 Å². The predicted molar refractivity (Wildman–Crippen MR) is 49.0 cm³/mol. The number of nitrogens with zero attached hydrogens (tertiary/aromatic N) is 1. The van der Waals surface area contributed by atoms with Crippen molar-refractivity contribution in [3.63, 3.8) is 0 Å². The van der Waals surface area contributed by atoms with Crippen molar-refractivity contribution in [1.82, 2.24) is 4.90 Å². The predicted octanol–water partition coefficient (Wildman–Crippen LogP) is 0.839. The van der Waals surface area contributed by atoms with Crippen LogP contribution < -0.4 is 5.73 Å². The average molecular weight is 206 g/mol. The number of hydrogen-bond acceptors (Lipinski definition) is 2. The Hall–Kier alpha value is -0.710. The number of carbonyl (C=O) groups excluding carboxylic acids is 1. The zero-order chi connectivity index (χ0) is 10.6. The molecule has 1 fully saturated rings. The molecule has 0 aromatic carbocycles. The summed E-state index contributed by atoms with van der Waals surface area (Å²) in [5.74, 6) is -0.530. The second kappa shape index (κ2) is 5.24. The number of alkyl halides is 2. The van der Waals surface area contributed by atoms with E-state index in [4.69, 9.17) is 5.73 Å². The molecule has 0 bridgehead atoms. The van der Waals surface area contributed by atoms with Gasteiger partial charge in [-0.3, -0.25) is 4.79 Å². The van der Waals surface area contributed by atoms with Crippen molar-refractivity contribution in [3.8, 4) is 0 Å². The fourth-order valence-electron chi connectivity index (χ4n) is 1.82. The molecular formula is C9H16F2N2O. The summed E-state index contributed by atoms with van der Waals surface area (Å²) in [6, 6.07) is 0. The minimum Gasteiger partial charge on any atom is -0.338 e. The fraction of sp³-hybridized carbons (Fsp3) is 0.889. The van der Waals surface area contributed by atoms with Gasteiger partial charge in [0, 0.05) is 13.1 Å². The van der Waals surface area contributed by atoms with Gasteiger partial charge < -0.3 is 10.6 Å². The normalized spacial score (nSPS) is 19.0. The maximum absolute atomic E-state index is 12.0. The first-order valence-electron chi connectivity index (χ1n) is 4.92. The summed E-state index contributed by atoms with van der Waals surface area (Å²) in [5.41, 5.74) is 5.40. The van der Waals surface area contributed by atoms with Crippen molar-refractivity contribution in [2.45, 2.75) is 25.7 Å². The van der Waals surface area contributed by atoms with Gasteiger partial charge in [-0.25, -0.2) is 0 Å². The molecule has 1 saturated heterocycles. The minimum atomic E-state index is -2.86. The van der Waals surface area contributed by atoms with Crippen LogP contribution in [0.4, 0.5) is 8.78 Å². The molecule has 0 unspecified atom stereocenters. The molecule has 82 valence electrons. The Bertz CT molecular complexity index is 191. The fourth-order valence-corrected chi connectivity index (χ4v) is 1.82. The smallest absolute Gasteiger partial charge is 0.315 e. The molecule has 0 aromatic rings. The maximum atomic E-state index is 12.0. The Morgan fingerprint density at radius 1 is 1.43 bits per heavy atom. The molecular weight excluding hydrogens is 190 g/mol. The molecule has 0 spiro atoms. The number of halogens is 2. The van der Waals surface area contributed by atoms with E-state index in [9.17, 15) is 13.6 Å². The van der Waals surface area contributed by atoms with Crippen LogP contribution in [0.3, 0.4) is 0 Å². The van der Waals surface area contributed by atoms with Crippen molar-refractivity contribution in [2.75, 3.05) is 19.6 Å². The number of likely N-dealkylation sites (tertiary alicyclic amines) is 1. The second-order valence-corrected chi connectivity index (χ2v) is 3.65. The third-order valence-corrected chi connectivity index (χ3v) is 2.69. The number of piperidine rings is 1. The highest BCUT2D eigenvalue weighted by Crippen LogP contribution is 2.20. The summed E-state index contributed by atoms with van der Waals surface area (Å²) in [5, 5.41) is 0. The second-order valence-electron chi connectivity index (χ2n) is 3.65. The van der Waals surface area contributed by atoms with Gasteiger partial charge in [0.15, 0.2) is 0 Å². The van der Waals surface area contributed by atoms with Gasteiger partial charge in [-0.05, 0) is 31.7 Å². The van der Waals surface area contributed by atoms with E-state index in [-0.39, 0.29) is 0 Å². The molecule has 2 N–H and O–H groups in total. The number of nitrogens with two attached hydrogens (primary N) is 1. The molecule has 1 heterocycles. The van der Waals surface area contributed by atoms with Crippen LogP contribution in [0.15, 0.2) is 0 Å². The molecule has 0 aromatic heterocycles. The van der Waals surface area contributed by atoms with Crippen LogP contribution in [-0.4, -0.2) is 36.9 Å². The molecule has 0 atom stereocenters. The van der Waals surface area contributed by atoms with Crippen LogP contribution in [0.2, 0.25) is 0 Å². The zero-order valence-corrected chi connectivity index (χ0v) is 8.09. The highest BCUT2D eigenvalue weighted by Gasteiger charge is 2.27. The van der Waals surface area contributed by atoms with E-state index in [2.05, 4.69) is 0 Å². The molecule has 0 aliphatic carbocycles. The minimum absolute atomic E-state index is 0.452. The van der Waals surface area contributed by atoms with Crippen LogP contribution >= 0.6 is 0 Å². The molecule has 3 nitrogen and oxygen atoms in total. The quantitative estimate of drug-likeness (QED) is 0.743. The standard InChI is InChI=1S/C9H16F2N2O/c10-8(11)9(14)13-5-2-7(1-4-12)3-6-13/h7-8H,1-6,12H2. The van der Waals surface area contributed by atoms with Gasteiger partial charge >= 0.3 is 6.43 Å². The Kier molecular flexibility index (Phi) is 4.25. The van der Waals surface area contributed by atoms with Crippen LogP contribution in [0.1, 0.15) is 19.3 Å². The van der Waals surface area contributed by atoms with Crippen LogP contribution in [0.5, 0.6) is 0 Å².